The number of allylic oxidation sites excluding steroid dienone is 1. The van der Waals surface area contributed by atoms with Crippen molar-refractivity contribution in [2.24, 2.45) is 11.8 Å². The SMILES string of the molecule is C1=C(c2cccc3ccccc23)CC2CNCC12. The summed E-state index contributed by atoms with van der Waals surface area (Å²) < 4.78 is 0. The van der Waals surface area contributed by atoms with Gasteiger partial charge in [-0.1, -0.05) is 48.5 Å². The fourth-order valence-corrected chi connectivity index (χ4v) is 3.49. The molecule has 1 heterocycles. The van der Waals surface area contributed by atoms with Gasteiger partial charge in [-0.3, -0.25) is 0 Å². The highest BCUT2D eigenvalue weighted by atomic mass is 14.9. The van der Waals surface area contributed by atoms with E-state index in [-0.39, 0.29) is 0 Å². The first-order valence-electron chi connectivity index (χ1n) is 6.81. The summed E-state index contributed by atoms with van der Waals surface area (Å²) in [5, 5.41) is 6.24. The Balaban J connectivity index is 1.84. The van der Waals surface area contributed by atoms with Crippen molar-refractivity contribution >= 4 is 16.3 Å². The molecule has 0 amide bonds. The quantitative estimate of drug-likeness (QED) is 0.798. The fourth-order valence-electron chi connectivity index (χ4n) is 3.49. The van der Waals surface area contributed by atoms with Crippen molar-refractivity contribution < 1.29 is 0 Å². The van der Waals surface area contributed by atoms with Crippen LogP contribution in [0.25, 0.3) is 16.3 Å². The maximum Gasteiger partial charge on any atom is 0.00178 e. The van der Waals surface area contributed by atoms with Crippen LogP contribution in [-0.4, -0.2) is 13.1 Å². The highest BCUT2D eigenvalue weighted by Gasteiger charge is 2.32. The Hall–Kier alpha value is -1.60. The highest BCUT2D eigenvalue weighted by molar-refractivity contribution is 5.94. The minimum atomic E-state index is 0.763. The van der Waals surface area contributed by atoms with Crippen molar-refractivity contribution in [1.82, 2.24) is 5.32 Å². The lowest BCUT2D eigenvalue weighted by atomic mass is 9.95. The minimum Gasteiger partial charge on any atom is -0.316 e. The van der Waals surface area contributed by atoms with E-state index >= 15 is 0 Å². The summed E-state index contributed by atoms with van der Waals surface area (Å²) in [6, 6.07) is 15.4. The highest BCUT2D eigenvalue weighted by Crippen LogP contribution is 2.40. The van der Waals surface area contributed by atoms with E-state index in [9.17, 15) is 0 Å². The van der Waals surface area contributed by atoms with Crippen molar-refractivity contribution in [2.45, 2.75) is 6.42 Å². The fraction of sp³-hybridized carbons (Fsp3) is 0.294. The third-order valence-corrected chi connectivity index (χ3v) is 4.43. The van der Waals surface area contributed by atoms with Gasteiger partial charge in [0.2, 0.25) is 0 Å². The van der Waals surface area contributed by atoms with Gasteiger partial charge in [-0.25, -0.2) is 0 Å². The molecule has 1 saturated heterocycles. The lowest BCUT2D eigenvalue weighted by molar-refractivity contribution is 0.536. The number of hydrogen-bond acceptors (Lipinski definition) is 1. The topological polar surface area (TPSA) is 12.0 Å². The smallest absolute Gasteiger partial charge is 0.00178 e. The third-order valence-electron chi connectivity index (χ3n) is 4.43. The molecule has 2 atom stereocenters. The van der Waals surface area contributed by atoms with Crippen molar-refractivity contribution in [3.63, 3.8) is 0 Å². The number of hydrogen-bond donors (Lipinski definition) is 1. The standard InChI is InChI=1S/C17H17N/c1-2-6-16-12(4-1)5-3-7-17(16)13-8-14-10-18-11-15(14)9-13/h1-8,14-15,18H,9-11H2. The van der Waals surface area contributed by atoms with Gasteiger partial charge in [0.25, 0.3) is 0 Å². The molecule has 1 nitrogen and oxygen atoms in total. The van der Waals surface area contributed by atoms with Gasteiger partial charge in [0.05, 0.1) is 0 Å². The van der Waals surface area contributed by atoms with E-state index in [0.29, 0.717) is 0 Å². The van der Waals surface area contributed by atoms with E-state index in [0.717, 1.165) is 11.8 Å². The zero-order valence-corrected chi connectivity index (χ0v) is 10.4. The molecule has 1 heteroatoms. The predicted octanol–water partition coefficient (Wildman–Crippen LogP) is 3.46. The van der Waals surface area contributed by atoms with Crippen LogP contribution in [0.5, 0.6) is 0 Å². The van der Waals surface area contributed by atoms with Crippen molar-refractivity contribution in [3.8, 4) is 0 Å². The first kappa shape index (κ1) is 10.3. The predicted molar refractivity (Wildman–Crippen MR) is 76.4 cm³/mol. The molecule has 0 bridgehead atoms. The van der Waals surface area contributed by atoms with E-state index in [1.807, 2.05) is 0 Å². The third kappa shape index (κ3) is 1.51. The normalized spacial score (nSPS) is 26.3. The Morgan fingerprint density at radius 3 is 2.78 bits per heavy atom. The van der Waals surface area contributed by atoms with E-state index in [4.69, 9.17) is 0 Å². The Bertz CT molecular complexity index is 621. The van der Waals surface area contributed by atoms with Crippen LogP contribution in [0.2, 0.25) is 0 Å². The van der Waals surface area contributed by atoms with Crippen molar-refractivity contribution in [3.05, 3.63) is 54.1 Å². The number of nitrogens with one attached hydrogen (secondary N) is 1. The van der Waals surface area contributed by atoms with Gasteiger partial charge >= 0.3 is 0 Å². The maximum absolute atomic E-state index is 3.49. The monoisotopic (exact) mass is 235 g/mol. The molecule has 0 radical (unpaired) electrons. The molecule has 4 rings (SSSR count). The van der Waals surface area contributed by atoms with E-state index in [1.165, 1.54) is 35.8 Å². The Labute approximate surface area is 108 Å². The number of fused-ring (bicyclic) bond motifs is 2. The van der Waals surface area contributed by atoms with Crippen LogP contribution in [0.3, 0.4) is 0 Å². The largest absolute Gasteiger partial charge is 0.316 e. The molecule has 0 spiro atoms. The average molecular weight is 235 g/mol. The van der Waals surface area contributed by atoms with Gasteiger partial charge in [-0.2, -0.15) is 0 Å². The van der Waals surface area contributed by atoms with Crippen LogP contribution >= 0.6 is 0 Å². The molecule has 0 aromatic heterocycles. The van der Waals surface area contributed by atoms with Gasteiger partial charge in [-0.15, -0.1) is 0 Å². The summed E-state index contributed by atoms with van der Waals surface area (Å²) in [5.41, 5.74) is 3.01. The molecule has 1 N–H and O–H groups in total. The lowest BCUT2D eigenvalue weighted by Gasteiger charge is -2.09. The van der Waals surface area contributed by atoms with Crippen LogP contribution < -0.4 is 5.32 Å². The van der Waals surface area contributed by atoms with Gasteiger partial charge < -0.3 is 5.32 Å². The summed E-state index contributed by atoms with van der Waals surface area (Å²) in [6.45, 7) is 2.36. The van der Waals surface area contributed by atoms with E-state index in [2.05, 4.69) is 53.9 Å². The average Bonchev–Trinajstić information content (AvgIpc) is 2.99. The first-order chi connectivity index (χ1) is 8.92. The van der Waals surface area contributed by atoms with Crippen molar-refractivity contribution in [2.75, 3.05) is 13.1 Å². The molecular weight excluding hydrogens is 218 g/mol. The second-order valence-electron chi connectivity index (χ2n) is 5.50. The first-order valence-corrected chi connectivity index (χ1v) is 6.81. The second kappa shape index (κ2) is 3.96. The molecule has 18 heavy (non-hydrogen) atoms. The molecule has 2 unspecified atom stereocenters. The Morgan fingerprint density at radius 1 is 0.944 bits per heavy atom. The number of rotatable bonds is 1. The van der Waals surface area contributed by atoms with E-state index in [1.54, 1.807) is 5.57 Å². The molecule has 2 aromatic rings. The van der Waals surface area contributed by atoms with E-state index < -0.39 is 0 Å². The van der Waals surface area contributed by atoms with Crippen LogP contribution in [-0.2, 0) is 0 Å². The zero-order chi connectivity index (χ0) is 11.9. The Kier molecular flexibility index (Phi) is 2.27. The lowest BCUT2D eigenvalue weighted by Crippen LogP contribution is -2.09. The van der Waals surface area contributed by atoms with Crippen LogP contribution in [0.1, 0.15) is 12.0 Å². The zero-order valence-electron chi connectivity index (χ0n) is 10.4. The summed E-state index contributed by atoms with van der Waals surface area (Å²) in [7, 11) is 0. The van der Waals surface area contributed by atoms with Crippen LogP contribution in [0, 0.1) is 11.8 Å². The summed E-state index contributed by atoms with van der Waals surface area (Å²) in [5.74, 6) is 1.60. The van der Waals surface area contributed by atoms with Crippen molar-refractivity contribution in [1.29, 1.82) is 0 Å². The molecule has 0 saturated carbocycles. The Morgan fingerprint density at radius 2 is 1.83 bits per heavy atom. The van der Waals surface area contributed by atoms with Gasteiger partial charge in [0, 0.05) is 6.54 Å². The molecule has 1 aliphatic heterocycles. The van der Waals surface area contributed by atoms with Gasteiger partial charge in [0.15, 0.2) is 0 Å². The summed E-state index contributed by atoms with van der Waals surface area (Å²) in [6.07, 6.45) is 3.75. The molecule has 2 aromatic carbocycles. The number of benzene rings is 2. The molecule has 2 aliphatic rings. The summed E-state index contributed by atoms with van der Waals surface area (Å²) in [4.78, 5) is 0. The van der Waals surface area contributed by atoms with Gasteiger partial charge in [0.1, 0.15) is 0 Å². The van der Waals surface area contributed by atoms with Crippen LogP contribution in [0.4, 0.5) is 0 Å². The summed E-state index contributed by atoms with van der Waals surface area (Å²) >= 11 is 0. The molecule has 1 fully saturated rings. The minimum absolute atomic E-state index is 0.763. The van der Waals surface area contributed by atoms with Gasteiger partial charge in [-0.05, 0) is 46.7 Å². The molecule has 90 valence electrons. The maximum atomic E-state index is 3.49. The molecule has 1 aliphatic carbocycles. The van der Waals surface area contributed by atoms with Crippen LogP contribution in [0.15, 0.2) is 48.5 Å². The second-order valence-corrected chi connectivity index (χ2v) is 5.50. The molecular formula is C17H17N.